The van der Waals surface area contributed by atoms with Crippen LogP contribution in [0.15, 0.2) is 24.4 Å². The summed E-state index contributed by atoms with van der Waals surface area (Å²) in [4.78, 5) is 10.4. The molecule has 0 saturated carbocycles. The molecule has 68 valence electrons. The van der Waals surface area contributed by atoms with Gasteiger partial charge in [0.2, 0.25) is 0 Å². The summed E-state index contributed by atoms with van der Waals surface area (Å²) in [7, 11) is 1.33. The Bertz CT molecular complexity index is 198. The van der Waals surface area contributed by atoms with Gasteiger partial charge in [0, 0.05) is 19.2 Å². The van der Waals surface area contributed by atoms with Crippen LogP contribution in [0.4, 0.5) is 0 Å². The first-order chi connectivity index (χ1) is 5.61. The van der Waals surface area contributed by atoms with Gasteiger partial charge in [0.25, 0.3) is 0 Å². The Balaban J connectivity index is 4.11. The number of nitrogens with two attached hydrogens (primary N) is 1. The number of ether oxygens (including phenoxy) is 1. The van der Waals surface area contributed by atoms with Gasteiger partial charge in [-0.05, 0) is 6.08 Å². The summed E-state index contributed by atoms with van der Waals surface area (Å²) < 4.78 is 4.67. The third kappa shape index (κ3) is 3.78. The number of hydrogen-bond acceptors (Lipinski definition) is 3. The Kier molecular flexibility index (Phi) is 4.79. The number of allylic oxidation sites excluding steroid dienone is 2. The summed E-state index contributed by atoms with van der Waals surface area (Å²) >= 11 is 0. The van der Waals surface area contributed by atoms with Crippen LogP contribution in [0.5, 0.6) is 0 Å². The number of methoxy groups -OCH3 is 1. The van der Waals surface area contributed by atoms with Crippen molar-refractivity contribution >= 4 is 5.97 Å². The van der Waals surface area contributed by atoms with E-state index >= 15 is 0 Å². The molecule has 0 fully saturated rings. The second-order valence-corrected chi connectivity index (χ2v) is 2.24. The molecule has 0 aliphatic carbocycles. The zero-order valence-corrected chi connectivity index (χ0v) is 6.99. The van der Waals surface area contributed by atoms with E-state index < -0.39 is 12.1 Å². The SMILES string of the molecule is C=C/C=C(/N)CC(OC)C(=O)O. The molecule has 0 aliphatic rings. The molecular weight excluding hydrogens is 158 g/mol. The molecule has 0 aromatic rings. The first kappa shape index (κ1) is 10.7. The lowest BCUT2D eigenvalue weighted by atomic mass is 10.2. The van der Waals surface area contributed by atoms with Crippen LogP contribution in [-0.4, -0.2) is 24.3 Å². The van der Waals surface area contributed by atoms with Gasteiger partial charge < -0.3 is 15.6 Å². The zero-order valence-electron chi connectivity index (χ0n) is 6.99. The molecule has 0 saturated heterocycles. The summed E-state index contributed by atoms with van der Waals surface area (Å²) in [6.45, 7) is 3.43. The minimum Gasteiger partial charge on any atom is -0.479 e. The lowest BCUT2D eigenvalue weighted by molar-refractivity contribution is -0.148. The number of aliphatic carboxylic acids is 1. The second kappa shape index (κ2) is 5.37. The smallest absolute Gasteiger partial charge is 0.333 e. The average Bonchev–Trinajstić information content (AvgIpc) is 2.00. The van der Waals surface area contributed by atoms with Crippen molar-refractivity contribution in [3.63, 3.8) is 0 Å². The molecule has 12 heavy (non-hydrogen) atoms. The van der Waals surface area contributed by atoms with Gasteiger partial charge in [-0.25, -0.2) is 4.79 Å². The van der Waals surface area contributed by atoms with Crippen molar-refractivity contribution in [2.24, 2.45) is 5.73 Å². The number of hydrogen-bond donors (Lipinski definition) is 2. The molecule has 4 heteroatoms. The van der Waals surface area contributed by atoms with Crippen molar-refractivity contribution in [3.05, 3.63) is 24.4 Å². The van der Waals surface area contributed by atoms with Crippen LogP contribution in [0.2, 0.25) is 0 Å². The van der Waals surface area contributed by atoms with Crippen molar-refractivity contribution in [2.75, 3.05) is 7.11 Å². The maximum atomic E-state index is 10.4. The third-order valence-electron chi connectivity index (χ3n) is 1.31. The number of rotatable bonds is 5. The van der Waals surface area contributed by atoms with E-state index in [2.05, 4.69) is 11.3 Å². The summed E-state index contributed by atoms with van der Waals surface area (Å²) in [6, 6.07) is 0. The molecule has 1 unspecified atom stereocenters. The fraction of sp³-hybridized carbons (Fsp3) is 0.375. The number of carboxylic acid groups (broad SMARTS) is 1. The molecule has 0 aromatic heterocycles. The highest BCUT2D eigenvalue weighted by Crippen LogP contribution is 2.03. The number of carbonyl (C=O) groups is 1. The minimum absolute atomic E-state index is 0.178. The Morgan fingerprint density at radius 2 is 2.42 bits per heavy atom. The quantitative estimate of drug-likeness (QED) is 0.591. The average molecular weight is 171 g/mol. The van der Waals surface area contributed by atoms with E-state index in [9.17, 15) is 4.79 Å². The van der Waals surface area contributed by atoms with E-state index in [4.69, 9.17) is 10.8 Å². The van der Waals surface area contributed by atoms with Crippen LogP contribution in [0.25, 0.3) is 0 Å². The van der Waals surface area contributed by atoms with Crippen LogP contribution < -0.4 is 5.73 Å². The lowest BCUT2D eigenvalue weighted by Crippen LogP contribution is -2.24. The molecule has 0 heterocycles. The highest BCUT2D eigenvalue weighted by atomic mass is 16.5. The normalized spacial score (nSPS) is 13.9. The summed E-state index contributed by atoms with van der Waals surface area (Å²) in [5.74, 6) is -1.02. The summed E-state index contributed by atoms with van der Waals surface area (Å²) in [5.41, 5.74) is 5.89. The van der Waals surface area contributed by atoms with Gasteiger partial charge in [0.15, 0.2) is 6.10 Å². The molecule has 0 aromatic carbocycles. The van der Waals surface area contributed by atoms with Gasteiger partial charge in [-0.2, -0.15) is 0 Å². The Morgan fingerprint density at radius 1 is 1.83 bits per heavy atom. The van der Waals surface area contributed by atoms with Crippen molar-refractivity contribution in [3.8, 4) is 0 Å². The van der Waals surface area contributed by atoms with Crippen molar-refractivity contribution in [1.82, 2.24) is 0 Å². The fourth-order valence-corrected chi connectivity index (χ4v) is 0.705. The third-order valence-corrected chi connectivity index (χ3v) is 1.31. The van der Waals surface area contributed by atoms with Crippen molar-refractivity contribution in [1.29, 1.82) is 0 Å². The van der Waals surface area contributed by atoms with Gasteiger partial charge >= 0.3 is 5.97 Å². The van der Waals surface area contributed by atoms with Gasteiger partial charge in [-0.15, -0.1) is 0 Å². The molecule has 4 nitrogen and oxygen atoms in total. The van der Waals surface area contributed by atoms with E-state index in [-0.39, 0.29) is 6.42 Å². The Labute approximate surface area is 71.3 Å². The molecule has 0 bridgehead atoms. The molecule has 1 atom stereocenters. The van der Waals surface area contributed by atoms with E-state index in [1.807, 2.05) is 0 Å². The first-order valence-corrected chi connectivity index (χ1v) is 3.44. The summed E-state index contributed by atoms with van der Waals surface area (Å²) in [6.07, 6.45) is 2.36. The minimum atomic E-state index is -1.02. The summed E-state index contributed by atoms with van der Waals surface area (Å²) in [5, 5.41) is 8.56. The first-order valence-electron chi connectivity index (χ1n) is 3.44. The molecule has 0 rings (SSSR count). The van der Waals surface area contributed by atoms with E-state index in [1.54, 1.807) is 6.08 Å². The second-order valence-electron chi connectivity index (χ2n) is 2.24. The molecule has 0 spiro atoms. The zero-order chi connectivity index (χ0) is 9.56. The fourth-order valence-electron chi connectivity index (χ4n) is 0.705. The van der Waals surface area contributed by atoms with Gasteiger partial charge in [0.1, 0.15) is 0 Å². The largest absolute Gasteiger partial charge is 0.479 e. The topological polar surface area (TPSA) is 72.5 Å². The predicted molar refractivity (Wildman–Crippen MR) is 45.5 cm³/mol. The van der Waals surface area contributed by atoms with E-state index in [0.717, 1.165) is 0 Å². The molecule has 0 aliphatic heterocycles. The molecular formula is C8H13NO3. The highest BCUT2D eigenvalue weighted by molar-refractivity contribution is 5.72. The van der Waals surface area contributed by atoms with Gasteiger partial charge in [-0.1, -0.05) is 12.7 Å². The lowest BCUT2D eigenvalue weighted by Gasteiger charge is -2.09. The number of carboxylic acids is 1. The van der Waals surface area contributed by atoms with Crippen LogP contribution in [0, 0.1) is 0 Å². The molecule has 3 N–H and O–H groups in total. The van der Waals surface area contributed by atoms with Crippen LogP contribution in [0.1, 0.15) is 6.42 Å². The van der Waals surface area contributed by atoms with Crippen molar-refractivity contribution < 1.29 is 14.6 Å². The Hall–Kier alpha value is -1.29. The van der Waals surface area contributed by atoms with Crippen LogP contribution in [-0.2, 0) is 9.53 Å². The van der Waals surface area contributed by atoms with Gasteiger partial charge in [-0.3, -0.25) is 0 Å². The maximum absolute atomic E-state index is 10.4. The maximum Gasteiger partial charge on any atom is 0.333 e. The Morgan fingerprint density at radius 3 is 2.75 bits per heavy atom. The monoisotopic (exact) mass is 171 g/mol. The van der Waals surface area contributed by atoms with E-state index in [0.29, 0.717) is 5.70 Å². The predicted octanol–water partition coefficient (Wildman–Crippen LogP) is 0.505. The standard InChI is InChI=1S/C8H13NO3/c1-3-4-6(9)5-7(12-2)8(10)11/h3-4,7H,1,5,9H2,2H3,(H,10,11)/b6-4+. The van der Waals surface area contributed by atoms with Crippen LogP contribution >= 0.6 is 0 Å². The molecule has 0 radical (unpaired) electrons. The van der Waals surface area contributed by atoms with Gasteiger partial charge in [0.05, 0.1) is 0 Å². The van der Waals surface area contributed by atoms with Crippen LogP contribution in [0.3, 0.4) is 0 Å². The highest BCUT2D eigenvalue weighted by Gasteiger charge is 2.16. The van der Waals surface area contributed by atoms with Crippen molar-refractivity contribution in [2.45, 2.75) is 12.5 Å². The molecule has 0 amide bonds. The van der Waals surface area contributed by atoms with E-state index in [1.165, 1.54) is 13.2 Å².